The van der Waals surface area contributed by atoms with Crippen LogP contribution < -0.4 is 15.2 Å². The first-order chi connectivity index (χ1) is 13.4. The summed E-state index contributed by atoms with van der Waals surface area (Å²) < 4.78 is 27.3. The third-order valence-electron chi connectivity index (χ3n) is 4.40. The number of benzene rings is 3. The molecule has 3 aromatic rings. The highest BCUT2D eigenvalue weighted by Gasteiger charge is 2.36. The molecule has 142 valence electrons. The van der Waals surface area contributed by atoms with Crippen molar-refractivity contribution < 1.29 is 18.0 Å². The van der Waals surface area contributed by atoms with Gasteiger partial charge in [-0.15, -0.1) is 0 Å². The van der Waals surface area contributed by atoms with Crippen LogP contribution in [-0.2, 0) is 14.8 Å². The van der Waals surface area contributed by atoms with Gasteiger partial charge in [-0.1, -0.05) is 36.4 Å². The fourth-order valence-electron chi connectivity index (χ4n) is 3.14. The van der Waals surface area contributed by atoms with E-state index in [1.807, 2.05) is 12.1 Å². The molecule has 2 N–H and O–H groups in total. The van der Waals surface area contributed by atoms with Crippen molar-refractivity contribution in [2.24, 2.45) is 0 Å². The number of rotatable bonds is 3. The molecule has 0 saturated carbocycles. The van der Waals surface area contributed by atoms with Crippen molar-refractivity contribution in [3.8, 4) is 0 Å². The van der Waals surface area contributed by atoms with E-state index in [0.717, 1.165) is 9.69 Å². The van der Waals surface area contributed by atoms with E-state index >= 15 is 0 Å². The summed E-state index contributed by atoms with van der Waals surface area (Å²) in [6.45, 7) is -0.452. The van der Waals surface area contributed by atoms with Gasteiger partial charge in [0.1, 0.15) is 6.54 Å². The van der Waals surface area contributed by atoms with Crippen LogP contribution in [0, 0.1) is 0 Å². The summed E-state index contributed by atoms with van der Waals surface area (Å²) in [4.78, 5) is 24.7. The summed E-state index contributed by atoms with van der Waals surface area (Å²) in [5, 5.41) is 1.37. The van der Waals surface area contributed by atoms with Crippen LogP contribution in [0.25, 0.3) is 10.8 Å². The minimum absolute atomic E-state index is 0.172. The standard InChI is InChI=1S/C19H14BrN3O4S/c20-14-8-2-1-7-13(14)19(25)22-21-17(24)11-23-15-9-3-5-12-6-4-10-16(18(12)15)28(23,26)27/h1-10H,11H2,(H,21,24)(H,22,25). The molecular weight excluding hydrogens is 446 g/mol. The van der Waals surface area contributed by atoms with Crippen molar-refractivity contribution in [2.45, 2.75) is 4.90 Å². The Morgan fingerprint density at radius 3 is 2.39 bits per heavy atom. The fourth-order valence-corrected chi connectivity index (χ4v) is 5.27. The maximum atomic E-state index is 12.9. The van der Waals surface area contributed by atoms with Crippen LogP contribution in [0.2, 0.25) is 0 Å². The highest BCUT2D eigenvalue weighted by atomic mass is 79.9. The van der Waals surface area contributed by atoms with Crippen LogP contribution in [0.5, 0.6) is 0 Å². The lowest BCUT2D eigenvalue weighted by molar-refractivity contribution is -0.120. The highest BCUT2D eigenvalue weighted by Crippen LogP contribution is 2.41. The molecule has 2 amide bonds. The summed E-state index contributed by atoms with van der Waals surface area (Å²) in [6.07, 6.45) is 0. The quantitative estimate of drug-likeness (QED) is 0.588. The zero-order valence-electron chi connectivity index (χ0n) is 14.3. The van der Waals surface area contributed by atoms with Crippen molar-refractivity contribution in [2.75, 3.05) is 10.8 Å². The van der Waals surface area contributed by atoms with Crippen LogP contribution in [0.15, 0.2) is 70.0 Å². The Morgan fingerprint density at radius 1 is 0.929 bits per heavy atom. The Hall–Kier alpha value is -2.91. The molecule has 0 aromatic heterocycles. The van der Waals surface area contributed by atoms with Crippen LogP contribution in [0.1, 0.15) is 10.4 Å². The molecule has 0 spiro atoms. The van der Waals surface area contributed by atoms with Gasteiger partial charge in [0, 0.05) is 9.86 Å². The second-order valence-corrected chi connectivity index (χ2v) is 8.81. The molecule has 1 aliphatic heterocycles. The van der Waals surface area contributed by atoms with Crippen LogP contribution >= 0.6 is 15.9 Å². The van der Waals surface area contributed by atoms with Gasteiger partial charge < -0.3 is 0 Å². The molecule has 9 heteroatoms. The Morgan fingerprint density at radius 2 is 1.64 bits per heavy atom. The van der Waals surface area contributed by atoms with Crippen molar-refractivity contribution in [1.82, 2.24) is 10.9 Å². The molecule has 0 saturated heterocycles. The lowest BCUT2D eigenvalue weighted by atomic mass is 10.1. The zero-order valence-corrected chi connectivity index (χ0v) is 16.7. The van der Waals surface area contributed by atoms with E-state index in [4.69, 9.17) is 0 Å². The molecule has 1 aliphatic rings. The maximum absolute atomic E-state index is 12.9. The Labute approximate surface area is 169 Å². The van der Waals surface area contributed by atoms with Gasteiger partial charge in [-0.25, -0.2) is 8.42 Å². The van der Waals surface area contributed by atoms with Gasteiger partial charge >= 0.3 is 0 Å². The SMILES string of the molecule is O=C(CN1c2cccc3cccc(c23)S1(=O)=O)NNC(=O)c1ccccc1Br. The van der Waals surface area contributed by atoms with E-state index in [1.165, 1.54) is 6.07 Å². The van der Waals surface area contributed by atoms with Gasteiger partial charge in [-0.3, -0.25) is 24.7 Å². The van der Waals surface area contributed by atoms with Crippen LogP contribution in [0.4, 0.5) is 5.69 Å². The summed E-state index contributed by atoms with van der Waals surface area (Å²) in [7, 11) is -3.84. The smallest absolute Gasteiger partial charge is 0.270 e. The van der Waals surface area contributed by atoms with E-state index < -0.39 is 28.4 Å². The number of hydrogen-bond acceptors (Lipinski definition) is 4. The number of carbonyl (C=O) groups excluding carboxylic acids is 2. The number of halogens is 1. The number of anilines is 1. The summed E-state index contributed by atoms with van der Waals surface area (Å²) in [5.74, 6) is -1.18. The Balaban J connectivity index is 1.52. The number of nitrogens with zero attached hydrogens (tertiary/aromatic N) is 1. The normalized spacial score (nSPS) is 14.1. The fraction of sp³-hybridized carbons (Fsp3) is 0.0526. The van der Waals surface area contributed by atoms with Crippen LogP contribution in [-0.4, -0.2) is 26.8 Å². The molecule has 0 radical (unpaired) electrons. The number of nitrogens with one attached hydrogen (secondary N) is 2. The summed E-state index contributed by atoms with van der Waals surface area (Å²) in [6, 6.07) is 17.0. The van der Waals surface area contributed by atoms with Crippen molar-refractivity contribution >= 4 is 54.2 Å². The van der Waals surface area contributed by atoms with Gasteiger partial charge in [0.2, 0.25) is 0 Å². The summed E-state index contributed by atoms with van der Waals surface area (Å²) in [5.41, 5.74) is 5.35. The number of amides is 2. The molecule has 4 rings (SSSR count). The topological polar surface area (TPSA) is 95.6 Å². The minimum Gasteiger partial charge on any atom is -0.271 e. The zero-order chi connectivity index (χ0) is 19.9. The summed E-state index contributed by atoms with van der Waals surface area (Å²) >= 11 is 3.26. The van der Waals surface area contributed by atoms with Gasteiger partial charge in [0.15, 0.2) is 0 Å². The second kappa shape index (κ2) is 6.92. The number of carbonyl (C=O) groups is 2. The number of hydrazine groups is 1. The number of sulfonamides is 1. The lowest BCUT2D eigenvalue weighted by Crippen LogP contribution is -2.47. The van der Waals surface area contributed by atoms with Gasteiger partial charge in [0.05, 0.1) is 16.1 Å². The third kappa shape index (κ3) is 3.02. The average Bonchev–Trinajstić information content (AvgIpc) is 2.90. The van der Waals surface area contributed by atoms with E-state index in [9.17, 15) is 18.0 Å². The lowest BCUT2D eigenvalue weighted by Gasteiger charge is -2.18. The number of hydrogen-bond donors (Lipinski definition) is 2. The van der Waals surface area contributed by atoms with E-state index in [-0.39, 0.29) is 4.90 Å². The minimum atomic E-state index is -3.84. The first-order valence-electron chi connectivity index (χ1n) is 8.28. The molecular formula is C19H14BrN3O4S. The first kappa shape index (κ1) is 18.5. The molecule has 0 unspecified atom stereocenters. The molecule has 0 bridgehead atoms. The largest absolute Gasteiger partial charge is 0.271 e. The molecule has 1 heterocycles. The van der Waals surface area contributed by atoms with E-state index in [0.29, 0.717) is 21.1 Å². The van der Waals surface area contributed by atoms with Crippen molar-refractivity contribution in [1.29, 1.82) is 0 Å². The Kier molecular flexibility index (Phi) is 4.56. The maximum Gasteiger partial charge on any atom is 0.270 e. The van der Waals surface area contributed by atoms with E-state index in [1.54, 1.807) is 42.5 Å². The van der Waals surface area contributed by atoms with E-state index in [2.05, 4.69) is 26.8 Å². The molecule has 0 atom stereocenters. The van der Waals surface area contributed by atoms with Crippen LogP contribution in [0.3, 0.4) is 0 Å². The van der Waals surface area contributed by atoms with Gasteiger partial charge in [0.25, 0.3) is 21.8 Å². The predicted molar refractivity (Wildman–Crippen MR) is 108 cm³/mol. The average molecular weight is 460 g/mol. The molecule has 28 heavy (non-hydrogen) atoms. The second-order valence-electron chi connectivity index (χ2n) is 6.13. The monoisotopic (exact) mass is 459 g/mol. The molecule has 0 fully saturated rings. The predicted octanol–water partition coefficient (Wildman–Crippen LogP) is 2.57. The molecule has 7 nitrogen and oxygen atoms in total. The van der Waals surface area contributed by atoms with Crippen molar-refractivity contribution in [3.63, 3.8) is 0 Å². The molecule has 0 aliphatic carbocycles. The molecule has 3 aromatic carbocycles. The Bertz CT molecular complexity index is 1220. The first-order valence-corrected chi connectivity index (χ1v) is 10.5. The van der Waals surface area contributed by atoms with Gasteiger partial charge in [-0.2, -0.15) is 0 Å². The van der Waals surface area contributed by atoms with Gasteiger partial charge in [-0.05, 0) is 45.6 Å². The highest BCUT2D eigenvalue weighted by molar-refractivity contribution is 9.10. The third-order valence-corrected chi connectivity index (χ3v) is 6.90. The van der Waals surface area contributed by atoms with Crippen molar-refractivity contribution in [3.05, 3.63) is 70.7 Å².